The first kappa shape index (κ1) is 32.0. The van der Waals surface area contributed by atoms with Gasteiger partial charge in [0, 0.05) is 38.6 Å². The highest BCUT2D eigenvalue weighted by Crippen LogP contribution is 2.37. The van der Waals surface area contributed by atoms with E-state index in [0.717, 1.165) is 6.07 Å². The Morgan fingerprint density at radius 2 is 1.78 bits per heavy atom. The highest BCUT2D eigenvalue weighted by Gasteiger charge is 2.21. The number of nitrogens with one attached hydrogen (secondary N) is 3. The van der Waals surface area contributed by atoms with Crippen molar-refractivity contribution in [2.45, 2.75) is 13.0 Å². The van der Waals surface area contributed by atoms with Crippen LogP contribution in [0.3, 0.4) is 0 Å². The van der Waals surface area contributed by atoms with Crippen molar-refractivity contribution in [1.29, 1.82) is 0 Å². The fraction of sp³-hybridized carbons (Fsp3) is 0.167. The molecule has 2 heterocycles. The Balaban J connectivity index is 1.45. The molecule has 0 saturated heterocycles. The van der Waals surface area contributed by atoms with E-state index in [-0.39, 0.29) is 50.5 Å². The molecule has 0 unspecified atom stereocenters. The van der Waals surface area contributed by atoms with E-state index < -0.39 is 24.8 Å². The molecule has 15 heteroatoms. The molecule has 0 aliphatic heterocycles. The third-order valence-electron chi connectivity index (χ3n) is 6.79. The lowest BCUT2D eigenvalue weighted by Crippen LogP contribution is -2.25. The molecule has 5 rings (SSSR count). The van der Waals surface area contributed by atoms with Gasteiger partial charge in [-0.3, -0.25) is 9.59 Å². The average molecular weight is 680 g/mol. The van der Waals surface area contributed by atoms with E-state index in [9.17, 15) is 22.8 Å². The number of carbonyl (C=O) groups is 2. The Bertz CT molecular complexity index is 1930. The summed E-state index contributed by atoms with van der Waals surface area (Å²) in [4.78, 5) is 30.3. The Labute approximate surface area is 269 Å². The predicted octanol–water partition coefficient (Wildman–Crippen LogP) is 7.58. The van der Waals surface area contributed by atoms with Crippen LogP contribution in [-0.2, 0) is 20.6 Å². The molecule has 0 aliphatic rings. The predicted molar refractivity (Wildman–Crippen MR) is 168 cm³/mol. The molecular weight excluding hydrogens is 656 g/mol. The quantitative estimate of drug-likeness (QED) is 0.141. The fourth-order valence-electron chi connectivity index (χ4n) is 4.47. The number of carbonyl (C=O) groups excluding carboxylic acids is 2. The zero-order valence-corrected chi connectivity index (χ0v) is 25.9. The number of nitrogens with zero attached hydrogens (tertiary/aromatic N) is 3. The maximum atomic E-state index is 13.6. The van der Waals surface area contributed by atoms with Crippen molar-refractivity contribution >= 4 is 75.0 Å². The average Bonchev–Trinajstić information content (AvgIpc) is 3.56. The van der Waals surface area contributed by atoms with Gasteiger partial charge in [-0.2, -0.15) is 0 Å². The monoisotopic (exact) mass is 678 g/mol. The van der Waals surface area contributed by atoms with Crippen molar-refractivity contribution in [2.75, 3.05) is 17.2 Å². The van der Waals surface area contributed by atoms with Crippen molar-refractivity contribution in [3.05, 3.63) is 98.5 Å². The van der Waals surface area contributed by atoms with Gasteiger partial charge < -0.3 is 29.8 Å². The molecular formula is C30H24Cl3F3N6O3. The number of ether oxygens (including phenoxy) is 1. The lowest BCUT2D eigenvalue weighted by atomic mass is 10.1. The summed E-state index contributed by atoms with van der Waals surface area (Å²) < 4.78 is 48.3. The van der Waals surface area contributed by atoms with Crippen molar-refractivity contribution in [2.24, 2.45) is 14.1 Å². The molecule has 0 fully saturated rings. The van der Waals surface area contributed by atoms with E-state index in [1.54, 1.807) is 53.7 Å². The lowest BCUT2D eigenvalue weighted by Gasteiger charge is -2.14. The van der Waals surface area contributed by atoms with E-state index in [1.165, 1.54) is 24.3 Å². The molecule has 2 aromatic heterocycles. The van der Waals surface area contributed by atoms with E-state index in [1.807, 2.05) is 0 Å². The maximum absolute atomic E-state index is 13.6. The Morgan fingerprint density at radius 3 is 2.47 bits per heavy atom. The van der Waals surface area contributed by atoms with Crippen molar-refractivity contribution in [3.63, 3.8) is 0 Å². The van der Waals surface area contributed by atoms with Crippen LogP contribution in [0.4, 0.5) is 30.5 Å². The van der Waals surface area contributed by atoms with Gasteiger partial charge in [0.05, 0.1) is 37.4 Å². The summed E-state index contributed by atoms with van der Waals surface area (Å²) in [6.07, 6.45) is -1.04. The van der Waals surface area contributed by atoms with Gasteiger partial charge >= 0.3 is 0 Å². The van der Waals surface area contributed by atoms with Gasteiger partial charge in [0.2, 0.25) is 5.95 Å². The summed E-state index contributed by atoms with van der Waals surface area (Å²) >= 11 is 19.0. The number of anilines is 3. The first-order valence-electron chi connectivity index (χ1n) is 13.2. The number of aromatic nitrogens is 3. The van der Waals surface area contributed by atoms with Gasteiger partial charge in [0.15, 0.2) is 0 Å². The number of halogens is 6. The zero-order chi connectivity index (χ0) is 32.4. The number of imidazole rings is 1. The highest BCUT2D eigenvalue weighted by molar-refractivity contribution is 6.39. The smallest absolute Gasteiger partial charge is 0.272 e. The van der Waals surface area contributed by atoms with Gasteiger partial charge in [-0.1, -0.05) is 40.9 Å². The van der Waals surface area contributed by atoms with Crippen LogP contribution in [0, 0.1) is 5.82 Å². The maximum Gasteiger partial charge on any atom is 0.272 e. The second kappa shape index (κ2) is 13.3. The van der Waals surface area contributed by atoms with E-state index >= 15 is 0 Å². The summed E-state index contributed by atoms with van der Waals surface area (Å²) in [5.41, 5.74) is 2.19. The number of aryl methyl sites for hydroxylation is 2. The number of fused-ring (bicyclic) bond motifs is 1. The Hall–Kier alpha value is -4.39. The van der Waals surface area contributed by atoms with Crippen LogP contribution in [0.1, 0.15) is 26.4 Å². The summed E-state index contributed by atoms with van der Waals surface area (Å²) in [5.74, 6) is -1.56. The van der Waals surface area contributed by atoms with E-state index in [0.29, 0.717) is 28.0 Å². The standard InChI is InChI=1S/C30H24Cl3F3N6O3/c1-41-9-3-4-22(41)29(44)37-13-15-5-7-18(31)27(26(15)33)40-30-39-21-11-17(24(45-14-25(35)36)12-23(21)42(30)2)28(43)38-16-6-8-20(34)19(32)10-16/h3-12,25H,13-14H2,1-2H3,(H,37,44)(H,38,43)(H,39,40). The summed E-state index contributed by atoms with van der Waals surface area (Å²) in [6.45, 7) is -0.852. The van der Waals surface area contributed by atoms with Gasteiger partial charge in [0.25, 0.3) is 18.2 Å². The second-order valence-corrected chi connectivity index (χ2v) is 11.0. The van der Waals surface area contributed by atoms with Crippen LogP contribution >= 0.6 is 34.8 Å². The lowest BCUT2D eigenvalue weighted by molar-refractivity contribution is 0.0804. The van der Waals surface area contributed by atoms with Gasteiger partial charge in [-0.15, -0.1) is 0 Å². The topological polar surface area (TPSA) is 102 Å². The minimum atomic E-state index is -2.80. The van der Waals surface area contributed by atoms with Crippen molar-refractivity contribution in [3.8, 4) is 5.75 Å². The number of alkyl halides is 2. The molecule has 9 nitrogen and oxygen atoms in total. The largest absolute Gasteiger partial charge is 0.487 e. The van der Waals surface area contributed by atoms with Crippen LogP contribution in [0.2, 0.25) is 15.1 Å². The van der Waals surface area contributed by atoms with Crippen molar-refractivity contribution in [1.82, 2.24) is 19.4 Å². The molecule has 0 bridgehead atoms. The van der Waals surface area contributed by atoms with Crippen LogP contribution in [0.25, 0.3) is 11.0 Å². The Morgan fingerprint density at radius 1 is 1.00 bits per heavy atom. The van der Waals surface area contributed by atoms with Crippen LogP contribution < -0.4 is 20.7 Å². The molecule has 0 atom stereocenters. The van der Waals surface area contributed by atoms with E-state index in [2.05, 4.69) is 20.9 Å². The molecule has 0 spiro atoms. The van der Waals surface area contributed by atoms with Crippen molar-refractivity contribution < 1.29 is 27.5 Å². The van der Waals surface area contributed by atoms with Gasteiger partial charge in [0.1, 0.15) is 23.9 Å². The first-order valence-corrected chi connectivity index (χ1v) is 14.4. The molecule has 0 aliphatic carbocycles. The normalized spacial score (nSPS) is 11.2. The van der Waals surface area contributed by atoms with Crippen LogP contribution in [0.15, 0.2) is 60.8 Å². The van der Waals surface area contributed by atoms with Gasteiger partial charge in [-0.25, -0.2) is 18.2 Å². The molecule has 0 radical (unpaired) electrons. The number of hydrogen-bond acceptors (Lipinski definition) is 5. The molecule has 3 aromatic carbocycles. The molecule has 2 amide bonds. The SMILES string of the molecule is Cn1cccc1C(=O)NCc1ccc(Cl)c(Nc2nc3cc(C(=O)Nc4ccc(F)c(Cl)c4)c(OCC(F)F)cc3n2C)c1Cl. The summed E-state index contributed by atoms with van der Waals surface area (Å²) in [6, 6.07) is 13.1. The molecule has 3 N–H and O–H groups in total. The van der Waals surface area contributed by atoms with E-state index in [4.69, 9.17) is 39.5 Å². The number of rotatable bonds is 10. The van der Waals surface area contributed by atoms with Gasteiger partial charge in [-0.05, 0) is 48.0 Å². The number of hydrogen-bond donors (Lipinski definition) is 3. The number of benzene rings is 3. The minimum Gasteiger partial charge on any atom is -0.487 e. The third kappa shape index (κ3) is 6.98. The number of amides is 2. The second-order valence-electron chi connectivity index (χ2n) is 9.82. The summed E-state index contributed by atoms with van der Waals surface area (Å²) in [7, 11) is 3.41. The molecule has 234 valence electrons. The Kier molecular flexibility index (Phi) is 9.47. The molecule has 45 heavy (non-hydrogen) atoms. The first-order chi connectivity index (χ1) is 21.4. The van der Waals surface area contributed by atoms with Crippen LogP contribution in [-0.4, -0.2) is 39.0 Å². The molecule has 0 saturated carbocycles. The highest BCUT2D eigenvalue weighted by atomic mass is 35.5. The fourth-order valence-corrected chi connectivity index (χ4v) is 5.19. The third-order valence-corrected chi connectivity index (χ3v) is 7.83. The molecule has 5 aromatic rings. The minimum absolute atomic E-state index is 0.0970. The summed E-state index contributed by atoms with van der Waals surface area (Å²) in [5, 5.41) is 8.77. The van der Waals surface area contributed by atoms with Crippen LogP contribution in [0.5, 0.6) is 5.75 Å². The zero-order valence-electron chi connectivity index (χ0n) is 23.6.